The summed E-state index contributed by atoms with van der Waals surface area (Å²) in [5.41, 5.74) is 1.13. The van der Waals surface area contributed by atoms with Crippen LogP contribution in [0.4, 0.5) is 11.4 Å². The quantitative estimate of drug-likeness (QED) is 0.177. The fourth-order valence-corrected chi connectivity index (χ4v) is 3.65. The minimum absolute atomic E-state index is 0.136. The van der Waals surface area contributed by atoms with Gasteiger partial charge in [0.15, 0.2) is 0 Å². The number of ether oxygens (including phenoxy) is 1. The summed E-state index contributed by atoms with van der Waals surface area (Å²) >= 11 is 0. The van der Waals surface area contributed by atoms with Crippen molar-refractivity contribution in [3.63, 3.8) is 0 Å². The maximum Gasteiger partial charge on any atom is 0.331 e. The van der Waals surface area contributed by atoms with E-state index in [2.05, 4.69) is 0 Å². The topological polar surface area (TPSA) is 127 Å². The van der Waals surface area contributed by atoms with E-state index in [1.54, 1.807) is 31.3 Å². The number of benzene rings is 3. The molecule has 0 saturated carbocycles. The number of nitro benzene ring substituents is 1. The van der Waals surface area contributed by atoms with Gasteiger partial charge in [-0.1, -0.05) is 23.8 Å². The molecule has 1 heterocycles. The van der Waals surface area contributed by atoms with Crippen molar-refractivity contribution in [1.29, 1.82) is 0 Å². The Morgan fingerprint density at radius 1 is 0.971 bits per heavy atom. The van der Waals surface area contributed by atoms with Gasteiger partial charge in [-0.3, -0.25) is 29.4 Å². The maximum atomic E-state index is 12.7. The Bertz CT molecular complexity index is 1360. The molecule has 10 heteroatoms. The van der Waals surface area contributed by atoms with Crippen LogP contribution in [0.1, 0.15) is 36.6 Å². The second-order valence-electron chi connectivity index (χ2n) is 7.85. The number of nitrogens with zero attached hydrogens (tertiary/aromatic N) is 3. The van der Waals surface area contributed by atoms with Gasteiger partial charge in [-0.25, -0.2) is 4.79 Å². The number of imide groups is 1. The van der Waals surface area contributed by atoms with Crippen LogP contribution in [0.5, 0.6) is 5.75 Å². The predicted octanol–water partition coefficient (Wildman–Crippen LogP) is 3.38. The molecule has 176 valence electrons. The van der Waals surface area contributed by atoms with Crippen molar-refractivity contribution in [2.24, 2.45) is 0 Å². The Morgan fingerprint density at radius 3 is 2.26 bits per heavy atom. The first-order chi connectivity index (χ1) is 16.7. The molecule has 1 aliphatic heterocycles. The standard InChI is InChI=1S/C25H19N3O7/c1-15-6-8-16(9-7-15)23(30)26(2)17-10-12-18(13-11-17)35-21(29)14-27-24(31)19-4-3-5-20(28(33)34)22(19)25(27)32/h3-13H,14H2,1-2H3. The summed E-state index contributed by atoms with van der Waals surface area (Å²) in [7, 11) is 1.62. The van der Waals surface area contributed by atoms with E-state index in [0.717, 1.165) is 11.6 Å². The first kappa shape index (κ1) is 23.3. The summed E-state index contributed by atoms with van der Waals surface area (Å²) in [6.07, 6.45) is 0. The molecule has 0 spiro atoms. The van der Waals surface area contributed by atoms with E-state index in [4.69, 9.17) is 4.74 Å². The number of esters is 1. The van der Waals surface area contributed by atoms with Gasteiger partial charge < -0.3 is 9.64 Å². The number of carbonyl (C=O) groups is 4. The molecule has 1 aliphatic rings. The third-order valence-corrected chi connectivity index (χ3v) is 5.52. The Morgan fingerprint density at radius 2 is 1.63 bits per heavy atom. The minimum atomic E-state index is -0.930. The third kappa shape index (κ3) is 4.49. The SMILES string of the molecule is Cc1ccc(C(=O)N(C)c2ccc(OC(=O)CN3C(=O)c4cccc([N+](=O)[O-])c4C3=O)cc2)cc1. The number of amides is 3. The van der Waals surface area contributed by atoms with Crippen LogP contribution in [-0.4, -0.2) is 47.1 Å². The van der Waals surface area contributed by atoms with Crippen LogP contribution in [0.3, 0.4) is 0 Å². The van der Waals surface area contributed by atoms with Gasteiger partial charge >= 0.3 is 5.97 Å². The highest BCUT2D eigenvalue weighted by molar-refractivity contribution is 6.24. The smallest absolute Gasteiger partial charge is 0.331 e. The van der Waals surface area contributed by atoms with Crippen LogP contribution in [0.2, 0.25) is 0 Å². The lowest BCUT2D eigenvalue weighted by Crippen LogP contribution is -2.36. The van der Waals surface area contributed by atoms with Gasteiger partial charge in [0.1, 0.15) is 17.9 Å². The van der Waals surface area contributed by atoms with Gasteiger partial charge in [0.05, 0.1) is 10.5 Å². The van der Waals surface area contributed by atoms with Crippen molar-refractivity contribution in [3.05, 3.63) is 99.1 Å². The van der Waals surface area contributed by atoms with Crippen molar-refractivity contribution in [2.45, 2.75) is 6.92 Å². The molecular weight excluding hydrogens is 454 g/mol. The van der Waals surface area contributed by atoms with Crippen LogP contribution < -0.4 is 9.64 Å². The molecule has 0 fully saturated rings. The summed E-state index contributed by atoms with van der Waals surface area (Å²) in [5.74, 6) is -2.72. The average Bonchev–Trinajstić information content (AvgIpc) is 3.09. The lowest BCUT2D eigenvalue weighted by molar-refractivity contribution is -0.385. The van der Waals surface area contributed by atoms with Crippen molar-refractivity contribution in [1.82, 2.24) is 4.90 Å². The highest BCUT2D eigenvalue weighted by Crippen LogP contribution is 2.30. The van der Waals surface area contributed by atoms with Gasteiger partial charge in [-0.15, -0.1) is 0 Å². The molecule has 4 rings (SSSR count). The van der Waals surface area contributed by atoms with Gasteiger partial charge in [0.25, 0.3) is 23.4 Å². The minimum Gasteiger partial charge on any atom is -0.425 e. The fraction of sp³-hybridized carbons (Fsp3) is 0.120. The van der Waals surface area contributed by atoms with Crippen LogP contribution in [0.25, 0.3) is 0 Å². The molecule has 0 N–H and O–H groups in total. The van der Waals surface area contributed by atoms with Crippen LogP contribution in [0, 0.1) is 17.0 Å². The van der Waals surface area contributed by atoms with E-state index < -0.39 is 34.9 Å². The largest absolute Gasteiger partial charge is 0.425 e. The molecule has 0 aromatic heterocycles. The summed E-state index contributed by atoms with van der Waals surface area (Å²) in [6.45, 7) is 1.22. The number of nitro groups is 1. The molecule has 0 atom stereocenters. The monoisotopic (exact) mass is 473 g/mol. The average molecular weight is 473 g/mol. The molecule has 0 unspecified atom stereocenters. The van der Waals surface area contributed by atoms with Crippen LogP contribution in [-0.2, 0) is 4.79 Å². The second-order valence-corrected chi connectivity index (χ2v) is 7.85. The highest BCUT2D eigenvalue weighted by Gasteiger charge is 2.42. The molecule has 0 radical (unpaired) electrons. The van der Waals surface area contributed by atoms with Gasteiger partial charge in [-0.2, -0.15) is 0 Å². The number of aryl methyl sites for hydroxylation is 1. The number of carbonyl (C=O) groups excluding carboxylic acids is 4. The summed E-state index contributed by atoms with van der Waals surface area (Å²) in [4.78, 5) is 62.7. The van der Waals surface area contributed by atoms with Crippen molar-refractivity contribution in [3.8, 4) is 5.75 Å². The zero-order valence-corrected chi connectivity index (χ0v) is 18.8. The number of anilines is 1. The first-order valence-corrected chi connectivity index (χ1v) is 10.5. The Kier molecular flexibility index (Phi) is 6.11. The molecule has 35 heavy (non-hydrogen) atoms. The highest BCUT2D eigenvalue weighted by atomic mass is 16.6. The van der Waals surface area contributed by atoms with E-state index in [1.807, 2.05) is 19.1 Å². The number of rotatable bonds is 6. The Labute approximate surface area is 199 Å². The van der Waals surface area contributed by atoms with Gasteiger partial charge in [-0.05, 0) is 49.4 Å². The van der Waals surface area contributed by atoms with Crippen LogP contribution in [0.15, 0.2) is 66.7 Å². The molecule has 0 bridgehead atoms. The van der Waals surface area contributed by atoms with Crippen molar-refractivity contribution >= 4 is 35.1 Å². The van der Waals surface area contributed by atoms with E-state index in [0.29, 0.717) is 16.2 Å². The Hall–Kier alpha value is -4.86. The van der Waals surface area contributed by atoms with E-state index in [-0.39, 0.29) is 22.8 Å². The van der Waals surface area contributed by atoms with E-state index >= 15 is 0 Å². The maximum absolute atomic E-state index is 12.7. The summed E-state index contributed by atoms with van der Waals surface area (Å²) in [6, 6.07) is 17.0. The zero-order chi connectivity index (χ0) is 25.3. The summed E-state index contributed by atoms with van der Waals surface area (Å²) < 4.78 is 5.22. The van der Waals surface area contributed by atoms with Gasteiger partial charge in [0.2, 0.25) is 0 Å². The van der Waals surface area contributed by atoms with E-state index in [9.17, 15) is 29.3 Å². The fourth-order valence-electron chi connectivity index (χ4n) is 3.65. The first-order valence-electron chi connectivity index (χ1n) is 10.5. The van der Waals surface area contributed by atoms with Crippen molar-refractivity contribution < 1.29 is 28.8 Å². The predicted molar refractivity (Wildman–Crippen MR) is 124 cm³/mol. The van der Waals surface area contributed by atoms with Crippen LogP contribution >= 0.6 is 0 Å². The molecule has 10 nitrogen and oxygen atoms in total. The molecule has 3 aromatic carbocycles. The molecular formula is C25H19N3O7. The third-order valence-electron chi connectivity index (χ3n) is 5.52. The number of hydrogen-bond acceptors (Lipinski definition) is 7. The number of fused-ring (bicyclic) bond motifs is 1. The summed E-state index contributed by atoms with van der Waals surface area (Å²) in [5, 5.41) is 11.2. The molecule has 0 saturated heterocycles. The number of hydrogen-bond donors (Lipinski definition) is 0. The Balaban J connectivity index is 1.42. The van der Waals surface area contributed by atoms with Gasteiger partial charge in [0, 0.05) is 24.4 Å². The lowest BCUT2D eigenvalue weighted by atomic mass is 10.1. The molecule has 3 aromatic rings. The second kappa shape index (κ2) is 9.18. The lowest BCUT2D eigenvalue weighted by Gasteiger charge is -2.18. The van der Waals surface area contributed by atoms with Crippen molar-refractivity contribution in [2.75, 3.05) is 18.5 Å². The molecule has 0 aliphatic carbocycles. The normalized spacial score (nSPS) is 12.3. The zero-order valence-electron chi connectivity index (χ0n) is 18.8. The van der Waals surface area contributed by atoms with E-state index in [1.165, 1.54) is 29.2 Å². The molecule has 3 amide bonds.